The molecule has 0 aromatic carbocycles. The minimum absolute atomic E-state index is 0.311. The molecule has 0 radical (unpaired) electrons. The molecule has 0 unspecified atom stereocenters. The third kappa shape index (κ3) is 5.34. The Hall–Kier alpha value is -1.83. The molecule has 1 amide bonds. The molecule has 2 heterocycles. The highest BCUT2D eigenvalue weighted by atomic mass is 19.4. The number of aromatic nitrogens is 1. The molecule has 2 aliphatic rings. The van der Waals surface area contributed by atoms with Crippen LogP contribution in [-0.4, -0.2) is 53.0 Å². The zero-order valence-corrected chi connectivity index (χ0v) is 15.4. The minimum atomic E-state index is -4.54. The van der Waals surface area contributed by atoms with Gasteiger partial charge in [-0.05, 0) is 24.8 Å². The molecule has 5 nitrogen and oxygen atoms in total. The number of halogens is 3. The van der Waals surface area contributed by atoms with Crippen LogP contribution in [0.2, 0.25) is 0 Å². The maximum atomic E-state index is 12.8. The maximum absolute atomic E-state index is 12.8. The largest absolute Gasteiger partial charge is 0.417 e. The van der Waals surface area contributed by atoms with Gasteiger partial charge in [-0.2, -0.15) is 13.2 Å². The molecule has 0 atom stereocenters. The van der Waals surface area contributed by atoms with Crippen LogP contribution in [0.5, 0.6) is 0 Å². The molecule has 150 valence electrons. The summed E-state index contributed by atoms with van der Waals surface area (Å²) >= 11 is 0. The zero-order chi connectivity index (χ0) is 19.4. The number of nitrogens with zero attached hydrogens (tertiary/aromatic N) is 3. The number of amides is 1. The second-order valence-corrected chi connectivity index (χ2v) is 7.57. The molecule has 1 aromatic rings. The normalized spacial score (nSPS) is 20.0. The van der Waals surface area contributed by atoms with Crippen LogP contribution in [0.4, 0.5) is 13.2 Å². The molecular formula is C19H26F3N3O2. The second kappa shape index (κ2) is 8.46. The van der Waals surface area contributed by atoms with E-state index in [1.54, 1.807) is 4.90 Å². The fourth-order valence-electron chi connectivity index (χ4n) is 3.98. The van der Waals surface area contributed by atoms with Crippen molar-refractivity contribution in [1.82, 2.24) is 14.4 Å². The number of alkyl halides is 3. The van der Waals surface area contributed by atoms with Crippen molar-refractivity contribution in [1.29, 1.82) is 0 Å². The fourth-order valence-corrected chi connectivity index (χ4v) is 3.98. The number of hydrogen-bond acceptors (Lipinski definition) is 3. The summed E-state index contributed by atoms with van der Waals surface area (Å²) in [4.78, 5) is 28.3. The Kier molecular flexibility index (Phi) is 6.24. The Bertz CT molecular complexity index is 703. The van der Waals surface area contributed by atoms with Crippen molar-refractivity contribution in [3.63, 3.8) is 0 Å². The predicted octanol–water partition coefficient (Wildman–Crippen LogP) is 2.59. The molecule has 0 N–H and O–H groups in total. The van der Waals surface area contributed by atoms with Crippen LogP contribution in [0, 0.1) is 5.92 Å². The van der Waals surface area contributed by atoms with Gasteiger partial charge in [-0.25, -0.2) is 0 Å². The van der Waals surface area contributed by atoms with Crippen molar-refractivity contribution in [2.45, 2.75) is 44.8 Å². The molecule has 1 aromatic heterocycles. The van der Waals surface area contributed by atoms with Gasteiger partial charge in [0.25, 0.3) is 5.56 Å². The van der Waals surface area contributed by atoms with Gasteiger partial charge >= 0.3 is 6.18 Å². The van der Waals surface area contributed by atoms with Gasteiger partial charge in [-0.3, -0.25) is 14.5 Å². The van der Waals surface area contributed by atoms with E-state index in [4.69, 9.17) is 0 Å². The average Bonchev–Trinajstić information content (AvgIpc) is 2.64. The molecule has 1 aliphatic heterocycles. The Morgan fingerprint density at radius 3 is 2.33 bits per heavy atom. The van der Waals surface area contributed by atoms with Crippen LogP contribution in [0.1, 0.15) is 37.7 Å². The van der Waals surface area contributed by atoms with Gasteiger partial charge in [-0.1, -0.05) is 19.3 Å². The molecule has 1 saturated heterocycles. The topological polar surface area (TPSA) is 45.6 Å². The van der Waals surface area contributed by atoms with E-state index in [1.165, 1.54) is 32.1 Å². The Morgan fingerprint density at radius 2 is 1.70 bits per heavy atom. The lowest BCUT2D eigenvalue weighted by Crippen LogP contribution is -2.51. The third-order valence-electron chi connectivity index (χ3n) is 5.58. The van der Waals surface area contributed by atoms with Gasteiger partial charge in [0, 0.05) is 45.0 Å². The van der Waals surface area contributed by atoms with E-state index in [0.717, 1.165) is 48.4 Å². The van der Waals surface area contributed by atoms with E-state index in [1.807, 2.05) is 0 Å². The first-order valence-corrected chi connectivity index (χ1v) is 9.61. The molecule has 2 fully saturated rings. The highest BCUT2D eigenvalue weighted by Crippen LogP contribution is 2.28. The van der Waals surface area contributed by atoms with Gasteiger partial charge in [0.05, 0.1) is 5.56 Å². The van der Waals surface area contributed by atoms with Crippen molar-refractivity contribution < 1.29 is 18.0 Å². The van der Waals surface area contributed by atoms with Gasteiger partial charge < -0.3 is 9.47 Å². The van der Waals surface area contributed by atoms with Gasteiger partial charge in [0.1, 0.15) is 6.54 Å². The zero-order valence-electron chi connectivity index (χ0n) is 15.4. The Labute approximate surface area is 156 Å². The fraction of sp³-hybridized carbons (Fsp3) is 0.684. The lowest BCUT2D eigenvalue weighted by Gasteiger charge is -2.37. The summed E-state index contributed by atoms with van der Waals surface area (Å²) in [5.41, 5.74) is -1.53. The first-order valence-electron chi connectivity index (χ1n) is 9.61. The standard InChI is InChI=1S/C19H26F3N3O2/c20-19(21,22)16-6-7-17(26)25(13-16)14-18(27)24-10-8-23(9-11-24)12-15-4-2-1-3-5-15/h6-7,13,15H,1-5,8-12,14H2. The lowest BCUT2D eigenvalue weighted by atomic mass is 9.89. The van der Waals surface area contributed by atoms with Crippen molar-refractivity contribution in [2.75, 3.05) is 32.7 Å². The molecule has 0 spiro atoms. The summed E-state index contributed by atoms with van der Waals surface area (Å²) in [7, 11) is 0. The van der Waals surface area contributed by atoms with Crippen molar-refractivity contribution >= 4 is 5.91 Å². The second-order valence-electron chi connectivity index (χ2n) is 7.57. The third-order valence-corrected chi connectivity index (χ3v) is 5.58. The van der Waals surface area contributed by atoms with Gasteiger partial charge in [-0.15, -0.1) is 0 Å². The first-order chi connectivity index (χ1) is 12.8. The van der Waals surface area contributed by atoms with E-state index < -0.39 is 17.3 Å². The number of rotatable bonds is 4. The van der Waals surface area contributed by atoms with Crippen LogP contribution in [-0.2, 0) is 17.5 Å². The summed E-state index contributed by atoms with van der Waals surface area (Å²) in [6.07, 6.45) is 2.66. The number of carbonyl (C=O) groups excluding carboxylic acids is 1. The van der Waals surface area contributed by atoms with Gasteiger partial charge in [0.15, 0.2) is 0 Å². The number of piperazine rings is 1. The number of hydrogen-bond donors (Lipinski definition) is 0. The highest BCUT2D eigenvalue weighted by molar-refractivity contribution is 5.76. The summed E-state index contributed by atoms with van der Waals surface area (Å²) in [6.45, 7) is 3.37. The van der Waals surface area contributed by atoms with Crippen molar-refractivity contribution in [3.8, 4) is 0 Å². The Balaban J connectivity index is 1.53. The summed E-state index contributed by atoms with van der Waals surface area (Å²) in [5.74, 6) is 0.429. The smallest absolute Gasteiger partial charge is 0.339 e. The minimum Gasteiger partial charge on any atom is -0.339 e. The highest BCUT2D eigenvalue weighted by Gasteiger charge is 2.31. The molecule has 1 saturated carbocycles. The van der Waals surface area contributed by atoms with Crippen molar-refractivity contribution in [2.24, 2.45) is 5.92 Å². The van der Waals surface area contributed by atoms with Crippen LogP contribution in [0.15, 0.2) is 23.1 Å². The molecule has 27 heavy (non-hydrogen) atoms. The average molecular weight is 385 g/mol. The molecular weight excluding hydrogens is 359 g/mol. The van der Waals surface area contributed by atoms with E-state index in [9.17, 15) is 22.8 Å². The van der Waals surface area contributed by atoms with E-state index in [-0.39, 0.29) is 12.5 Å². The van der Waals surface area contributed by atoms with Crippen molar-refractivity contribution in [3.05, 3.63) is 34.2 Å². The van der Waals surface area contributed by atoms with Crippen LogP contribution in [0.25, 0.3) is 0 Å². The maximum Gasteiger partial charge on any atom is 0.417 e. The van der Waals surface area contributed by atoms with Crippen LogP contribution >= 0.6 is 0 Å². The number of pyridine rings is 1. The summed E-state index contributed by atoms with van der Waals surface area (Å²) in [6, 6.07) is 1.60. The number of carbonyl (C=O) groups is 1. The predicted molar refractivity (Wildman–Crippen MR) is 95.3 cm³/mol. The van der Waals surface area contributed by atoms with E-state index in [0.29, 0.717) is 13.1 Å². The molecule has 3 rings (SSSR count). The lowest BCUT2D eigenvalue weighted by molar-refractivity contribution is -0.139. The molecule has 8 heteroatoms. The SMILES string of the molecule is O=C(Cn1cc(C(F)(F)F)ccc1=O)N1CCN(CC2CCCCC2)CC1. The first kappa shape index (κ1) is 19.9. The quantitative estimate of drug-likeness (QED) is 0.800. The monoisotopic (exact) mass is 385 g/mol. The molecule has 1 aliphatic carbocycles. The van der Waals surface area contributed by atoms with Crippen LogP contribution in [0.3, 0.4) is 0 Å². The summed E-state index contributed by atoms with van der Waals surface area (Å²) < 4.78 is 39.3. The molecule has 0 bridgehead atoms. The Morgan fingerprint density at radius 1 is 1.04 bits per heavy atom. The van der Waals surface area contributed by atoms with Gasteiger partial charge in [0.2, 0.25) is 5.91 Å². The van der Waals surface area contributed by atoms with E-state index >= 15 is 0 Å². The summed E-state index contributed by atoms with van der Waals surface area (Å²) in [5, 5.41) is 0. The van der Waals surface area contributed by atoms with E-state index in [2.05, 4.69) is 4.90 Å². The van der Waals surface area contributed by atoms with Crippen LogP contribution < -0.4 is 5.56 Å².